The molecule has 11 aromatic rings. The van der Waals surface area contributed by atoms with Crippen LogP contribution in [0.4, 0.5) is 17.1 Å². The van der Waals surface area contributed by atoms with E-state index in [-0.39, 0.29) is 5.41 Å². The first kappa shape index (κ1) is 39.3. The molecule has 0 atom stereocenters. The highest BCUT2D eigenvalue weighted by molar-refractivity contribution is 6.03. The van der Waals surface area contributed by atoms with E-state index in [9.17, 15) is 0 Å². The molecule has 3 aliphatic carbocycles. The van der Waals surface area contributed by atoms with Crippen molar-refractivity contribution in [3.05, 3.63) is 270 Å². The van der Waals surface area contributed by atoms with E-state index in [4.69, 9.17) is 4.74 Å². The number of ether oxygens (including phenoxy) is 1. The summed E-state index contributed by atoms with van der Waals surface area (Å²) in [5, 5.41) is 2.34. The van der Waals surface area contributed by atoms with E-state index in [2.05, 4.69) is 255 Å². The summed E-state index contributed by atoms with van der Waals surface area (Å²) in [7, 11) is 0. The van der Waals surface area contributed by atoms with Crippen LogP contribution in [0.2, 0.25) is 0 Å². The number of rotatable bonds is 4. The zero-order valence-corrected chi connectivity index (χ0v) is 38.9. The van der Waals surface area contributed by atoms with Crippen LogP contribution in [0.1, 0.15) is 47.2 Å². The van der Waals surface area contributed by atoms with Crippen LogP contribution in [-0.4, -0.2) is 0 Å². The van der Waals surface area contributed by atoms with E-state index in [0.29, 0.717) is 0 Å². The normalized spacial score (nSPS) is 14.2. The summed E-state index contributed by atoms with van der Waals surface area (Å²) < 4.78 is 7.16. The molecule has 1 aliphatic heterocycles. The molecular weight excluding hydrogens is 847 g/mol. The highest BCUT2D eigenvalue weighted by atomic mass is 16.5. The van der Waals surface area contributed by atoms with Crippen LogP contribution in [0.25, 0.3) is 77.5 Å². The van der Waals surface area contributed by atoms with Crippen LogP contribution in [0.5, 0.6) is 11.5 Å². The van der Waals surface area contributed by atoms with Crippen molar-refractivity contribution >= 4 is 27.8 Å². The van der Waals surface area contributed by atoms with Crippen molar-refractivity contribution in [3.63, 3.8) is 0 Å². The SMILES string of the molecule is CC1(C)c2ccccc2-c2ccc(N(c3ccc4c(c3)-c3c(-c5ccccc5)cccc3-c3cc5ccccc5cc3O4)c3ccc4c(c3)C3(c5ccccc5-c5ccccc53)c3ccccc3-4)cc21. The first-order chi connectivity index (χ1) is 34.5. The lowest BCUT2D eigenvalue weighted by Crippen LogP contribution is -2.26. The largest absolute Gasteiger partial charge is 0.456 e. The average Bonchev–Trinajstić information content (AvgIpc) is 3.93. The first-order valence-electron chi connectivity index (χ1n) is 24.5. The number of benzene rings is 11. The van der Waals surface area contributed by atoms with E-state index in [1.54, 1.807) is 0 Å². The maximum absolute atomic E-state index is 7.16. The summed E-state index contributed by atoms with van der Waals surface area (Å²) >= 11 is 0. The van der Waals surface area contributed by atoms with Gasteiger partial charge < -0.3 is 9.64 Å². The molecule has 1 heterocycles. The molecule has 0 bridgehead atoms. The van der Waals surface area contributed by atoms with Gasteiger partial charge in [-0.3, -0.25) is 0 Å². The van der Waals surface area contributed by atoms with Gasteiger partial charge in [0.15, 0.2) is 0 Å². The molecule has 15 rings (SSSR count). The fourth-order valence-corrected chi connectivity index (χ4v) is 13.0. The summed E-state index contributed by atoms with van der Waals surface area (Å²) in [4.78, 5) is 2.50. The van der Waals surface area contributed by atoms with Gasteiger partial charge in [-0.1, -0.05) is 196 Å². The van der Waals surface area contributed by atoms with Crippen molar-refractivity contribution in [1.29, 1.82) is 0 Å². The number of hydrogen-bond acceptors (Lipinski definition) is 2. The third-order valence-corrected chi connectivity index (χ3v) is 16.1. The van der Waals surface area contributed by atoms with Gasteiger partial charge in [-0.05, 0) is 149 Å². The van der Waals surface area contributed by atoms with Gasteiger partial charge in [-0.2, -0.15) is 0 Å². The van der Waals surface area contributed by atoms with Crippen LogP contribution in [0, 0.1) is 0 Å². The van der Waals surface area contributed by atoms with Gasteiger partial charge in [0.1, 0.15) is 11.5 Å². The summed E-state index contributed by atoms with van der Waals surface area (Å²) in [5.74, 6) is 1.69. The number of nitrogens with zero attached hydrogens (tertiary/aromatic N) is 1. The zero-order valence-electron chi connectivity index (χ0n) is 38.9. The lowest BCUT2D eigenvalue weighted by Gasteiger charge is -2.33. The number of fused-ring (bicyclic) bond motifs is 19. The molecule has 0 aromatic heterocycles. The molecule has 0 saturated heterocycles. The standard InChI is InChI=1S/C68H45NO/c1-67(2)58-27-12-8-21-49(58)53-34-31-46(40-62(53)67)69(47-32-35-54-52-24-11-15-30-61(52)68(63(54)41-47)59-28-13-9-22-50(59)51-23-10-14-29-60(51)68)45-33-36-64-57(39-45)66-48(42-17-4-3-5-18-42)25-16-26-55(66)56-37-43-19-6-7-20-44(43)38-65(56)70-64/h3-41H,1-2H3. The predicted molar refractivity (Wildman–Crippen MR) is 289 cm³/mol. The minimum atomic E-state index is -0.483. The van der Waals surface area contributed by atoms with E-state index in [1.807, 2.05) is 0 Å². The van der Waals surface area contributed by atoms with E-state index in [0.717, 1.165) is 61.8 Å². The molecule has 2 heteroatoms. The fourth-order valence-electron chi connectivity index (χ4n) is 13.0. The predicted octanol–water partition coefficient (Wildman–Crippen LogP) is 18.1. The summed E-state index contributed by atoms with van der Waals surface area (Å²) in [6.07, 6.45) is 0. The Bertz CT molecular complexity index is 3960. The Balaban J connectivity index is 1.00. The van der Waals surface area contributed by atoms with Crippen molar-refractivity contribution in [2.75, 3.05) is 4.90 Å². The molecule has 11 aromatic carbocycles. The quantitative estimate of drug-likeness (QED) is 0.175. The van der Waals surface area contributed by atoms with Crippen molar-refractivity contribution in [2.45, 2.75) is 24.7 Å². The van der Waals surface area contributed by atoms with Crippen molar-refractivity contribution in [1.82, 2.24) is 0 Å². The van der Waals surface area contributed by atoms with Crippen LogP contribution >= 0.6 is 0 Å². The van der Waals surface area contributed by atoms with E-state index >= 15 is 0 Å². The minimum Gasteiger partial charge on any atom is -0.456 e. The summed E-state index contributed by atoms with van der Waals surface area (Å²) in [6, 6.07) is 88.1. The van der Waals surface area contributed by atoms with Crippen molar-refractivity contribution in [3.8, 4) is 78.3 Å². The average molecular weight is 892 g/mol. The van der Waals surface area contributed by atoms with Gasteiger partial charge in [0, 0.05) is 39.2 Å². The molecule has 1 spiro atoms. The molecule has 2 nitrogen and oxygen atoms in total. The Morgan fingerprint density at radius 3 is 1.43 bits per heavy atom. The molecule has 0 unspecified atom stereocenters. The molecule has 0 N–H and O–H groups in total. The van der Waals surface area contributed by atoms with Crippen LogP contribution < -0.4 is 9.64 Å². The molecule has 328 valence electrons. The second-order valence-corrected chi connectivity index (χ2v) is 19.9. The van der Waals surface area contributed by atoms with Crippen LogP contribution in [0.15, 0.2) is 237 Å². The fraction of sp³-hybridized carbons (Fsp3) is 0.0588. The number of anilines is 3. The third-order valence-electron chi connectivity index (χ3n) is 16.1. The second-order valence-electron chi connectivity index (χ2n) is 19.9. The highest BCUT2D eigenvalue weighted by Crippen LogP contribution is 2.64. The zero-order chi connectivity index (χ0) is 46.3. The van der Waals surface area contributed by atoms with Gasteiger partial charge >= 0.3 is 0 Å². The molecule has 0 amide bonds. The van der Waals surface area contributed by atoms with Gasteiger partial charge in [-0.15, -0.1) is 0 Å². The Morgan fingerprint density at radius 2 is 0.771 bits per heavy atom. The maximum Gasteiger partial charge on any atom is 0.135 e. The van der Waals surface area contributed by atoms with Crippen LogP contribution in [-0.2, 0) is 10.8 Å². The Hall–Kier alpha value is -8.72. The minimum absolute atomic E-state index is 0.186. The summed E-state index contributed by atoms with van der Waals surface area (Å²) in [6.45, 7) is 4.75. The first-order valence-corrected chi connectivity index (χ1v) is 24.5. The van der Waals surface area contributed by atoms with Gasteiger partial charge in [-0.25, -0.2) is 0 Å². The second kappa shape index (κ2) is 14.4. The van der Waals surface area contributed by atoms with E-state index < -0.39 is 5.41 Å². The van der Waals surface area contributed by atoms with Gasteiger partial charge in [0.2, 0.25) is 0 Å². The summed E-state index contributed by atoms with van der Waals surface area (Å²) in [5.41, 5.74) is 25.2. The number of hydrogen-bond donors (Lipinski definition) is 0. The molecule has 70 heavy (non-hydrogen) atoms. The topological polar surface area (TPSA) is 12.5 Å². The van der Waals surface area contributed by atoms with E-state index in [1.165, 1.54) is 77.7 Å². The van der Waals surface area contributed by atoms with Gasteiger partial charge in [0.25, 0.3) is 0 Å². The van der Waals surface area contributed by atoms with Crippen LogP contribution in [0.3, 0.4) is 0 Å². The Morgan fingerprint density at radius 1 is 0.300 bits per heavy atom. The molecule has 0 fully saturated rings. The molecule has 4 aliphatic rings. The molecule has 0 radical (unpaired) electrons. The lowest BCUT2D eigenvalue weighted by atomic mass is 9.70. The lowest BCUT2D eigenvalue weighted by molar-refractivity contribution is 0.488. The van der Waals surface area contributed by atoms with Crippen molar-refractivity contribution in [2.24, 2.45) is 0 Å². The monoisotopic (exact) mass is 891 g/mol. The third kappa shape index (κ3) is 5.28. The maximum atomic E-state index is 7.16. The highest BCUT2D eigenvalue weighted by Gasteiger charge is 2.51. The molecule has 0 saturated carbocycles. The molecular formula is C68H45NO. The van der Waals surface area contributed by atoms with Crippen molar-refractivity contribution < 1.29 is 4.74 Å². The Labute approximate surface area is 408 Å². The Kier molecular flexibility index (Phi) is 8.08. The van der Waals surface area contributed by atoms with Gasteiger partial charge in [0.05, 0.1) is 5.41 Å². The smallest absolute Gasteiger partial charge is 0.135 e.